The van der Waals surface area contributed by atoms with Crippen LogP contribution in [-0.4, -0.2) is 15.7 Å². The largest absolute Gasteiger partial charge is 0.288 e. The van der Waals surface area contributed by atoms with Crippen LogP contribution >= 0.6 is 11.3 Å². The zero-order chi connectivity index (χ0) is 11.8. The van der Waals surface area contributed by atoms with Gasteiger partial charge in [0.25, 0.3) is 5.91 Å². The molecule has 0 aromatic carbocycles. The maximum Gasteiger partial charge on any atom is 0.288 e. The minimum Gasteiger partial charge on any atom is -0.266 e. The van der Waals surface area contributed by atoms with Crippen molar-refractivity contribution >= 4 is 17.2 Å². The van der Waals surface area contributed by atoms with Gasteiger partial charge in [0, 0.05) is 5.92 Å². The highest BCUT2D eigenvalue weighted by Gasteiger charge is 2.32. The molecule has 0 aliphatic heterocycles. The van der Waals surface area contributed by atoms with E-state index >= 15 is 0 Å². The first-order valence-corrected chi connectivity index (χ1v) is 6.25. The smallest absolute Gasteiger partial charge is 0.266 e. The van der Waals surface area contributed by atoms with Crippen LogP contribution in [0.15, 0.2) is 23.7 Å². The van der Waals surface area contributed by atoms with Gasteiger partial charge in [-0.15, -0.1) is 11.3 Å². The van der Waals surface area contributed by atoms with E-state index in [-0.39, 0.29) is 5.91 Å². The normalized spacial score (nSPS) is 14.5. The summed E-state index contributed by atoms with van der Waals surface area (Å²) in [5.74, 6) is 0.194. The molecule has 0 saturated heterocycles. The van der Waals surface area contributed by atoms with Crippen molar-refractivity contribution in [2.24, 2.45) is 0 Å². The Balaban J connectivity index is 2.06. The Morgan fingerprint density at radius 2 is 2.41 bits per heavy atom. The van der Waals surface area contributed by atoms with Crippen molar-refractivity contribution in [3.8, 4) is 6.07 Å². The van der Waals surface area contributed by atoms with E-state index < -0.39 is 0 Å². The first-order chi connectivity index (χ1) is 8.31. The quantitative estimate of drug-likeness (QED) is 0.813. The fourth-order valence-corrected chi connectivity index (χ4v) is 2.51. The number of rotatable bonds is 2. The Morgan fingerprint density at radius 1 is 1.59 bits per heavy atom. The lowest BCUT2D eigenvalue weighted by atomic mass is 10.2. The molecule has 0 unspecified atom stereocenters. The van der Waals surface area contributed by atoms with E-state index in [0.717, 1.165) is 18.5 Å². The molecule has 17 heavy (non-hydrogen) atoms. The van der Waals surface area contributed by atoms with Crippen molar-refractivity contribution in [3.05, 3.63) is 39.8 Å². The summed E-state index contributed by atoms with van der Waals surface area (Å²) in [5, 5.41) is 14.9. The topological polar surface area (TPSA) is 58.7 Å². The summed E-state index contributed by atoms with van der Waals surface area (Å²) in [5.41, 5.74) is 1.31. The molecule has 3 rings (SSSR count). The number of carbonyl (C=O) groups excluding carboxylic acids is 1. The van der Waals surface area contributed by atoms with Gasteiger partial charge in [-0.1, -0.05) is 6.07 Å². The second kappa shape index (κ2) is 3.82. The molecule has 0 amide bonds. The van der Waals surface area contributed by atoms with Gasteiger partial charge in [0.15, 0.2) is 0 Å². The second-order valence-corrected chi connectivity index (χ2v) is 4.97. The summed E-state index contributed by atoms with van der Waals surface area (Å²) in [7, 11) is 0. The van der Waals surface area contributed by atoms with Gasteiger partial charge in [-0.3, -0.25) is 4.79 Å². The third kappa shape index (κ3) is 1.67. The average molecular weight is 243 g/mol. The fraction of sp³-hybridized carbons (Fsp3) is 0.250. The number of thiophene rings is 1. The standard InChI is InChI=1S/C12H9N3OS/c13-6-9-7-14-15(11(9)8-3-4-8)12(16)10-2-1-5-17-10/h1-2,5,7-8H,3-4H2. The van der Waals surface area contributed by atoms with Gasteiger partial charge >= 0.3 is 0 Å². The molecular weight excluding hydrogens is 234 g/mol. The maximum atomic E-state index is 12.2. The van der Waals surface area contributed by atoms with E-state index in [0.29, 0.717) is 16.4 Å². The zero-order valence-corrected chi connectivity index (χ0v) is 9.78. The Labute approximate surface area is 102 Å². The Hall–Kier alpha value is -1.93. The van der Waals surface area contributed by atoms with Crippen LogP contribution in [0.25, 0.3) is 0 Å². The van der Waals surface area contributed by atoms with Gasteiger partial charge in [0.1, 0.15) is 6.07 Å². The third-order valence-corrected chi connectivity index (χ3v) is 3.67. The molecule has 0 spiro atoms. The average Bonchev–Trinajstić information content (AvgIpc) is 2.91. The molecule has 1 fully saturated rings. The molecule has 2 heterocycles. The lowest BCUT2D eigenvalue weighted by molar-refractivity contribution is 0.0945. The van der Waals surface area contributed by atoms with Crippen molar-refractivity contribution in [2.75, 3.05) is 0 Å². The monoisotopic (exact) mass is 243 g/mol. The van der Waals surface area contributed by atoms with Gasteiger partial charge in [0.2, 0.25) is 0 Å². The highest BCUT2D eigenvalue weighted by Crippen LogP contribution is 2.41. The number of aromatic nitrogens is 2. The number of hydrogen-bond donors (Lipinski definition) is 0. The van der Waals surface area contributed by atoms with Crippen LogP contribution in [0.2, 0.25) is 0 Å². The summed E-state index contributed by atoms with van der Waals surface area (Å²) in [6.45, 7) is 0. The molecule has 1 aliphatic rings. The SMILES string of the molecule is N#Cc1cnn(C(=O)c2cccs2)c1C1CC1. The van der Waals surface area contributed by atoms with Crippen LogP contribution < -0.4 is 0 Å². The first-order valence-electron chi connectivity index (χ1n) is 5.37. The second-order valence-electron chi connectivity index (χ2n) is 4.02. The predicted molar refractivity (Wildman–Crippen MR) is 63.0 cm³/mol. The minimum absolute atomic E-state index is 0.136. The lowest BCUT2D eigenvalue weighted by Gasteiger charge is -2.03. The molecule has 0 radical (unpaired) electrons. The van der Waals surface area contributed by atoms with Crippen LogP contribution in [0, 0.1) is 11.3 Å². The van der Waals surface area contributed by atoms with Gasteiger partial charge in [0.05, 0.1) is 22.3 Å². The Bertz CT molecular complexity index is 602. The molecule has 2 aromatic heterocycles. The van der Waals surface area contributed by atoms with Crippen LogP contribution in [0.3, 0.4) is 0 Å². The zero-order valence-electron chi connectivity index (χ0n) is 8.96. The molecule has 2 aromatic rings. The molecule has 5 heteroatoms. The predicted octanol–water partition coefficient (Wildman–Crippen LogP) is 2.38. The van der Waals surface area contributed by atoms with Crippen molar-refractivity contribution < 1.29 is 4.79 Å². The van der Waals surface area contributed by atoms with Crippen LogP contribution in [0.4, 0.5) is 0 Å². The molecule has 0 atom stereocenters. The minimum atomic E-state index is -0.136. The molecule has 1 saturated carbocycles. The van der Waals surface area contributed by atoms with Crippen LogP contribution in [-0.2, 0) is 0 Å². The maximum absolute atomic E-state index is 12.2. The van der Waals surface area contributed by atoms with Gasteiger partial charge in [-0.05, 0) is 24.3 Å². The number of nitrogens with zero attached hydrogens (tertiary/aromatic N) is 3. The molecule has 4 nitrogen and oxygen atoms in total. The highest BCUT2D eigenvalue weighted by molar-refractivity contribution is 7.12. The molecule has 1 aliphatic carbocycles. The fourth-order valence-electron chi connectivity index (χ4n) is 1.86. The van der Waals surface area contributed by atoms with E-state index in [4.69, 9.17) is 5.26 Å². The highest BCUT2D eigenvalue weighted by atomic mass is 32.1. The molecule has 84 valence electrons. The van der Waals surface area contributed by atoms with E-state index in [1.165, 1.54) is 22.2 Å². The van der Waals surface area contributed by atoms with Crippen LogP contribution in [0.1, 0.15) is 39.7 Å². The first kappa shape index (κ1) is 10.2. The lowest BCUT2D eigenvalue weighted by Crippen LogP contribution is -2.15. The van der Waals surface area contributed by atoms with Gasteiger partial charge < -0.3 is 0 Å². The van der Waals surface area contributed by atoms with Crippen molar-refractivity contribution in [3.63, 3.8) is 0 Å². The van der Waals surface area contributed by atoms with Gasteiger partial charge in [-0.25, -0.2) is 0 Å². The van der Waals surface area contributed by atoms with E-state index in [1.807, 2.05) is 11.4 Å². The summed E-state index contributed by atoms with van der Waals surface area (Å²) >= 11 is 1.39. The third-order valence-electron chi connectivity index (χ3n) is 2.82. The van der Waals surface area contributed by atoms with E-state index in [2.05, 4.69) is 11.2 Å². The summed E-state index contributed by atoms with van der Waals surface area (Å²) in [6, 6.07) is 5.72. The summed E-state index contributed by atoms with van der Waals surface area (Å²) < 4.78 is 1.39. The number of carbonyl (C=O) groups is 1. The van der Waals surface area contributed by atoms with Gasteiger partial charge in [-0.2, -0.15) is 15.0 Å². The van der Waals surface area contributed by atoms with E-state index in [1.54, 1.807) is 6.07 Å². The molecule has 0 bridgehead atoms. The summed E-state index contributed by atoms with van der Waals surface area (Å²) in [6.07, 6.45) is 3.56. The number of nitriles is 1. The van der Waals surface area contributed by atoms with E-state index in [9.17, 15) is 4.79 Å². The van der Waals surface area contributed by atoms with Crippen molar-refractivity contribution in [2.45, 2.75) is 18.8 Å². The van der Waals surface area contributed by atoms with Crippen molar-refractivity contribution in [1.29, 1.82) is 5.26 Å². The van der Waals surface area contributed by atoms with Crippen molar-refractivity contribution in [1.82, 2.24) is 9.78 Å². The molecule has 0 N–H and O–H groups in total. The Morgan fingerprint density at radius 3 is 3.00 bits per heavy atom. The Kier molecular flexibility index (Phi) is 2.30. The summed E-state index contributed by atoms with van der Waals surface area (Å²) in [4.78, 5) is 12.8. The molecular formula is C12H9N3OS. The number of hydrogen-bond acceptors (Lipinski definition) is 4. The van der Waals surface area contributed by atoms with Crippen LogP contribution in [0.5, 0.6) is 0 Å².